The summed E-state index contributed by atoms with van der Waals surface area (Å²) in [6.07, 6.45) is 1.75. The number of rotatable bonds is 6. The van der Waals surface area contributed by atoms with Crippen molar-refractivity contribution in [1.29, 1.82) is 0 Å². The number of hydrogen-bond acceptors (Lipinski definition) is 3. The molecule has 2 aromatic rings. The number of carbonyl (C=O) groups is 1. The van der Waals surface area contributed by atoms with Gasteiger partial charge in [0.25, 0.3) is 0 Å². The number of nitrogens with two attached hydrogens (primary N) is 1. The number of carbonyl (C=O) groups excluding carboxylic acids is 1. The quantitative estimate of drug-likeness (QED) is 0.838. The first-order chi connectivity index (χ1) is 11.4. The second kappa shape index (κ2) is 6.65. The van der Waals surface area contributed by atoms with Crippen LogP contribution in [0.15, 0.2) is 48.5 Å². The van der Waals surface area contributed by atoms with Crippen LogP contribution in [0.4, 0.5) is 5.69 Å². The van der Waals surface area contributed by atoms with E-state index in [-0.39, 0.29) is 18.1 Å². The van der Waals surface area contributed by atoms with Crippen molar-refractivity contribution in [3.63, 3.8) is 0 Å². The first-order valence-electron chi connectivity index (χ1n) is 7.86. The average molecular weight is 344 g/mol. The molecule has 0 spiro atoms. The van der Waals surface area contributed by atoms with Gasteiger partial charge in [-0.2, -0.15) is 0 Å². The van der Waals surface area contributed by atoms with Crippen molar-refractivity contribution >= 4 is 21.6 Å². The van der Waals surface area contributed by atoms with Crippen molar-refractivity contribution in [2.75, 3.05) is 10.5 Å². The van der Waals surface area contributed by atoms with Crippen molar-refractivity contribution in [2.24, 2.45) is 11.7 Å². The zero-order chi connectivity index (χ0) is 17.2. The zero-order valence-corrected chi connectivity index (χ0v) is 14.1. The highest BCUT2D eigenvalue weighted by Crippen LogP contribution is 2.27. The molecule has 126 valence electrons. The van der Waals surface area contributed by atoms with Gasteiger partial charge in [-0.25, -0.2) is 8.42 Å². The van der Waals surface area contributed by atoms with Gasteiger partial charge in [0, 0.05) is 5.69 Å². The van der Waals surface area contributed by atoms with Gasteiger partial charge in [-0.15, -0.1) is 0 Å². The normalized spacial score (nSPS) is 14.3. The summed E-state index contributed by atoms with van der Waals surface area (Å²) in [5, 5.41) is 0. The highest BCUT2D eigenvalue weighted by atomic mass is 32.2. The maximum Gasteiger partial charge on any atom is 0.233 e. The monoisotopic (exact) mass is 344 g/mol. The summed E-state index contributed by atoms with van der Waals surface area (Å²) in [7, 11) is -3.41. The molecule has 0 atom stereocenters. The van der Waals surface area contributed by atoms with E-state index in [0.717, 1.165) is 18.4 Å². The molecule has 1 amide bonds. The summed E-state index contributed by atoms with van der Waals surface area (Å²) in [4.78, 5) is 10.9. The van der Waals surface area contributed by atoms with E-state index in [9.17, 15) is 13.2 Å². The molecule has 6 heteroatoms. The van der Waals surface area contributed by atoms with Gasteiger partial charge in [-0.05, 0) is 47.6 Å². The molecule has 0 aromatic heterocycles. The summed E-state index contributed by atoms with van der Waals surface area (Å²) >= 11 is 0. The predicted molar refractivity (Wildman–Crippen MR) is 94.1 cm³/mol. The molecule has 1 aliphatic carbocycles. The standard InChI is InChI=1S/C18H20N2O3S/c19-18(21)11-13-5-7-17(8-6-13)20-24(22,23)12-14-9-15-3-1-2-4-16(15)10-14/h1-8,14,20H,9-12H2,(H2,19,21). The third-order valence-electron chi connectivity index (χ3n) is 4.20. The molecular formula is C18H20N2O3S. The largest absolute Gasteiger partial charge is 0.369 e. The highest BCUT2D eigenvalue weighted by molar-refractivity contribution is 7.92. The van der Waals surface area contributed by atoms with Crippen LogP contribution in [0.5, 0.6) is 0 Å². The average Bonchev–Trinajstić information content (AvgIpc) is 2.89. The number of primary amides is 1. The highest BCUT2D eigenvalue weighted by Gasteiger charge is 2.26. The van der Waals surface area contributed by atoms with E-state index in [1.807, 2.05) is 12.1 Å². The Kier molecular flexibility index (Phi) is 4.57. The Morgan fingerprint density at radius 1 is 1.04 bits per heavy atom. The number of amides is 1. The third-order valence-corrected chi connectivity index (χ3v) is 5.65. The van der Waals surface area contributed by atoms with Crippen LogP contribution >= 0.6 is 0 Å². The SMILES string of the molecule is NC(=O)Cc1ccc(NS(=O)(=O)CC2Cc3ccccc3C2)cc1. The lowest BCUT2D eigenvalue weighted by molar-refractivity contribution is -0.117. The van der Waals surface area contributed by atoms with Crippen molar-refractivity contribution < 1.29 is 13.2 Å². The molecule has 0 aliphatic heterocycles. The van der Waals surface area contributed by atoms with Crippen molar-refractivity contribution in [3.05, 3.63) is 65.2 Å². The zero-order valence-electron chi connectivity index (χ0n) is 13.2. The van der Waals surface area contributed by atoms with E-state index < -0.39 is 15.9 Å². The fourth-order valence-corrected chi connectivity index (χ4v) is 4.63. The Balaban J connectivity index is 1.61. The Bertz CT molecular complexity index is 820. The topological polar surface area (TPSA) is 89.3 Å². The van der Waals surface area contributed by atoms with E-state index in [1.54, 1.807) is 24.3 Å². The minimum Gasteiger partial charge on any atom is -0.369 e. The Labute approximate surface area is 141 Å². The molecule has 0 heterocycles. The smallest absolute Gasteiger partial charge is 0.233 e. The van der Waals surface area contributed by atoms with E-state index in [4.69, 9.17) is 5.73 Å². The van der Waals surface area contributed by atoms with E-state index in [0.29, 0.717) is 5.69 Å². The Hall–Kier alpha value is -2.34. The van der Waals surface area contributed by atoms with Gasteiger partial charge in [-0.1, -0.05) is 36.4 Å². The number of sulfonamides is 1. The van der Waals surface area contributed by atoms with E-state index in [1.165, 1.54) is 11.1 Å². The van der Waals surface area contributed by atoms with Crippen molar-refractivity contribution in [3.8, 4) is 0 Å². The van der Waals surface area contributed by atoms with Crippen LogP contribution in [-0.2, 0) is 34.1 Å². The van der Waals surface area contributed by atoms with Gasteiger partial charge in [0.1, 0.15) is 0 Å². The molecule has 0 saturated heterocycles. The molecule has 24 heavy (non-hydrogen) atoms. The van der Waals surface area contributed by atoms with Crippen LogP contribution in [0.25, 0.3) is 0 Å². The fraction of sp³-hybridized carbons (Fsp3) is 0.278. The van der Waals surface area contributed by atoms with Crippen LogP contribution in [0.2, 0.25) is 0 Å². The molecule has 3 rings (SSSR count). The maximum absolute atomic E-state index is 12.4. The maximum atomic E-state index is 12.4. The second-order valence-corrected chi connectivity index (χ2v) is 8.03. The number of fused-ring (bicyclic) bond motifs is 1. The second-order valence-electron chi connectivity index (χ2n) is 6.27. The van der Waals surface area contributed by atoms with Gasteiger partial charge in [0.05, 0.1) is 12.2 Å². The first kappa shape index (κ1) is 16.5. The van der Waals surface area contributed by atoms with Crippen molar-refractivity contribution in [1.82, 2.24) is 0 Å². The van der Waals surface area contributed by atoms with Gasteiger partial charge in [0.2, 0.25) is 15.9 Å². The molecule has 1 aliphatic rings. The lowest BCUT2D eigenvalue weighted by Crippen LogP contribution is -2.23. The molecule has 5 nitrogen and oxygen atoms in total. The molecule has 0 radical (unpaired) electrons. The third kappa shape index (κ3) is 4.14. The number of benzene rings is 2. The van der Waals surface area contributed by atoms with E-state index in [2.05, 4.69) is 16.9 Å². The summed E-state index contributed by atoms with van der Waals surface area (Å²) in [6.45, 7) is 0. The van der Waals surface area contributed by atoms with Gasteiger partial charge >= 0.3 is 0 Å². The lowest BCUT2D eigenvalue weighted by atomic mass is 10.1. The molecular weight excluding hydrogens is 324 g/mol. The number of hydrogen-bond donors (Lipinski definition) is 2. The van der Waals surface area contributed by atoms with Gasteiger partial charge in [0.15, 0.2) is 0 Å². The predicted octanol–water partition coefficient (Wildman–Crippen LogP) is 1.87. The summed E-state index contributed by atoms with van der Waals surface area (Å²) in [5.74, 6) is -0.205. The summed E-state index contributed by atoms with van der Waals surface area (Å²) < 4.78 is 27.4. The minimum absolute atomic E-state index is 0.102. The fourth-order valence-electron chi connectivity index (χ4n) is 3.19. The van der Waals surface area contributed by atoms with Crippen LogP contribution < -0.4 is 10.5 Å². The summed E-state index contributed by atoms with van der Waals surface area (Å²) in [6, 6.07) is 14.8. The number of anilines is 1. The van der Waals surface area contributed by atoms with Crippen molar-refractivity contribution in [2.45, 2.75) is 19.3 Å². The Morgan fingerprint density at radius 3 is 2.17 bits per heavy atom. The summed E-state index contributed by atoms with van der Waals surface area (Å²) in [5.41, 5.74) is 8.89. The molecule has 0 fully saturated rings. The lowest BCUT2D eigenvalue weighted by Gasteiger charge is -2.12. The first-order valence-corrected chi connectivity index (χ1v) is 9.51. The van der Waals surface area contributed by atoms with Crippen LogP contribution in [0, 0.1) is 5.92 Å². The van der Waals surface area contributed by atoms with Gasteiger partial charge < -0.3 is 5.73 Å². The van der Waals surface area contributed by atoms with Crippen LogP contribution in [0.3, 0.4) is 0 Å². The molecule has 0 unspecified atom stereocenters. The van der Waals surface area contributed by atoms with Gasteiger partial charge in [-0.3, -0.25) is 9.52 Å². The minimum atomic E-state index is -3.41. The number of nitrogens with one attached hydrogen (secondary N) is 1. The van der Waals surface area contributed by atoms with Crippen LogP contribution in [-0.4, -0.2) is 20.1 Å². The molecule has 3 N–H and O–H groups in total. The Morgan fingerprint density at radius 2 is 1.62 bits per heavy atom. The molecule has 0 saturated carbocycles. The molecule has 0 bridgehead atoms. The van der Waals surface area contributed by atoms with E-state index >= 15 is 0 Å². The molecule has 2 aromatic carbocycles. The van der Waals surface area contributed by atoms with Crippen LogP contribution in [0.1, 0.15) is 16.7 Å².